The Hall–Kier alpha value is -3.46. The van der Waals surface area contributed by atoms with Crippen LogP contribution in [0.15, 0.2) is 85.5 Å². The zero-order valence-corrected chi connectivity index (χ0v) is 18.3. The van der Waals surface area contributed by atoms with Gasteiger partial charge in [-0.1, -0.05) is 12.1 Å². The van der Waals surface area contributed by atoms with E-state index < -0.39 is 0 Å². The summed E-state index contributed by atoms with van der Waals surface area (Å²) in [6.07, 6.45) is 12.7. The molecule has 0 atom stereocenters. The van der Waals surface area contributed by atoms with Crippen molar-refractivity contribution in [3.8, 4) is 0 Å². The molecule has 0 saturated carbocycles. The molecule has 0 saturated heterocycles. The minimum Gasteiger partial charge on any atom is -0.355 e. The second-order valence-corrected chi connectivity index (χ2v) is 8.63. The monoisotopic (exact) mass is 407 g/mol. The number of aromatic nitrogens is 3. The largest absolute Gasteiger partial charge is 0.355 e. The average molecular weight is 408 g/mol. The molecule has 5 rings (SSSR count). The summed E-state index contributed by atoms with van der Waals surface area (Å²) in [6.45, 7) is 0. The van der Waals surface area contributed by atoms with Crippen molar-refractivity contribution in [3.05, 3.63) is 108 Å². The summed E-state index contributed by atoms with van der Waals surface area (Å²) >= 11 is 0. The molecule has 0 aliphatic carbocycles. The predicted octanol–water partition coefficient (Wildman–Crippen LogP) is 4.54. The summed E-state index contributed by atoms with van der Waals surface area (Å²) in [6, 6.07) is 22.6. The van der Waals surface area contributed by atoms with Crippen molar-refractivity contribution in [3.63, 3.8) is 0 Å². The number of rotatable bonds is 6. The third-order valence-corrected chi connectivity index (χ3v) is 6.23. The van der Waals surface area contributed by atoms with Gasteiger partial charge in [-0.3, -0.25) is 0 Å². The van der Waals surface area contributed by atoms with Gasteiger partial charge in [0.25, 0.3) is 0 Å². The first-order valence-corrected chi connectivity index (χ1v) is 11.1. The molecular weight excluding hydrogens is 378 g/mol. The van der Waals surface area contributed by atoms with Gasteiger partial charge in [0, 0.05) is 46.1 Å². The van der Waals surface area contributed by atoms with E-state index in [2.05, 4.69) is 114 Å². The molecule has 5 aromatic rings. The van der Waals surface area contributed by atoms with Gasteiger partial charge in [0.1, 0.15) is 14.1 Å². The highest BCUT2D eigenvalue weighted by Crippen LogP contribution is 2.28. The molecule has 0 bridgehead atoms. The van der Waals surface area contributed by atoms with Crippen LogP contribution in [0.5, 0.6) is 0 Å². The highest BCUT2D eigenvalue weighted by molar-refractivity contribution is 6.07. The van der Waals surface area contributed by atoms with Gasteiger partial charge >= 0.3 is 0 Å². The van der Waals surface area contributed by atoms with Gasteiger partial charge in [-0.05, 0) is 72.2 Å². The smallest absolute Gasteiger partial charge is 0.168 e. The Balaban J connectivity index is 1.37. The van der Waals surface area contributed by atoms with Gasteiger partial charge < -0.3 is 4.98 Å². The molecule has 0 amide bonds. The molecule has 1 N–H and O–H groups in total. The minimum absolute atomic E-state index is 1.06. The molecule has 154 valence electrons. The van der Waals surface area contributed by atoms with Crippen LogP contribution < -0.4 is 9.13 Å². The summed E-state index contributed by atoms with van der Waals surface area (Å²) in [5.41, 5.74) is 7.99. The van der Waals surface area contributed by atoms with Crippen molar-refractivity contribution in [2.75, 3.05) is 0 Å². The van der Waals surface area contributed by atoms with E-state index in [1.165, 1.54) is 44.1 Å². The topological polar surface area (TPSA) is 23.5 Å². The molecule has 0 radical (unpaired) electrons. The number of aromatic amines is 1. The summed E-state index contributed by atoms with van der Waals surface area (Å²) in [4.78, 5) is 3.59. The fourth-order valence-corrected chi connectivity index (χ4v) is 4.28. The van der Waals surface area contributed by atoms with Crippen LogP contribution in [0.2, 0.25) is 0 Å². The zero-order valence-electron chi connectivity index (χ0n) is 18.3. The fourth-order valence-electron chi connectivity index (χ4n) is 4.28. The third kappa shape index (κ3) is 4.36. The molecule has 0 unspecified atom stereocenters. The van der Waals surface area contributed by atoms with Crippen LogP contribution in [0.4, 0.5) is 0 Å². The van der Waals surface area contributed by atoms with Crippen LogP contribution in [0.1, 0.15) is 22.3 Å². The van der Waals surface area contributed by atoms with Crippen molar-refractivity contribution in [2.24, 2.45) is 14.1 Å². The van der Waals surface area contributed by atoms with Crippen LogP contribution in [0, 0.1) is 0 Å². The van der Waals surface area contributed by atoms with Gasteiger partial charge in [-0.2, -0.15) is 0 Å². The minimum atomic E-state index is 1.06. The van der Waals surface area contributed by atoms with E-state index in [0.29, 0.717) is 0 Å². The molecule has 0 aliphatic heterocycles. The van der Waals surface area contributed by atoms with E-state index >= 15 is 0 Å². The lowest BCUT2D eigenvalue weighted by Gasteiger charge is -2.04. The first-order chi connectivity index (χ1) is 15.1. The number of nitrogens with one attached hydrogen (secondary N) is 1. The molecule has 0 spiro atoms. The number of aryl methyl sites for hydroxylation is 6. The van der Waals surface area contributed by atoms with E-state index in [1.807, 2.05) is 0 Å². The second-order valence-electron chi connectivity index (χ2n) is 8.63. The van der Waals surface area contributed by atoms with Gasteiger partial charge in [0.2, 0.25) is 0 Å². The number of hydrogen-bond acceptors (Lipinski definition) is 0. The van der Waals surface area contributed by atoms with Gasteiger partial charge in [-0.15, -0.1) is 0 Å². The van der Waals surface area contributed by atoms with E-state index in [4.69, 9.17) is 0 Å². The van der Waals surface area contributed by atoms with Crippen LogP contribution in [0.25, 0.3) is 21.8 Å². The van der Waals surface area contributed by atoms with E-state index in [-0.39, 0.29) is 0 Å². The SMILES string of the molecule is C[n+]1ccc(CCc2ccc3[nH]c4ccc(CCc5cc[n+](C)cc5)cc4c3c2)cc1. The average Bonchev–Trinajstić information content (AvgIpc) is 3.15. The van der Waals surface area contributed by atoms with Crippen LogP contribution in [-0.4, -0.2) is 4.98 Å². The molecule has 3 nitrogen and oxygen atoms in total. The predicted molar refractivity (Wildman–Crippen MR) is 126 cm³/mol. The van der Waals surface area contributed by atoms with E-state index in [1.54, 1.807) is 0 Å². The van der Waals surface area contributed by atoms with Crippen LogP contribution >= 0.6 is 0 Å². The molecule has 3 heterocycles. The Kier molecular flexibility index (Phi) is 5.25. The quantitative estimate of drug-likeness (QED) is 0.400. The summed E-state index contributed by atoms with van der Waals surface area (Å²) in [5, 5.41) is 2.67. The zero-order chi connectivity index (χ0) is 21.2. The Labute approximate surface area is 183 Å². The molecule has 31 heavy (non-hydrogen) atoms. The van der Waals surface area contributed by atoms with Crippen molar-refractivity contribution in [1.82, 2.24) is 4.98 Å². The van der Waals surface area contributed by atoms with E-state index in [0.717, 1.165) is 25.7 Å². The van der Waals surface area contributed by atoms with Crippen molar-refractivity contribution in [2.45, 2.75) is 25.7 Å². The first-order valence-electron chi connectivity index (χ1n) is 11.1. The lowest BCUT2D eigenvalue weighted by molar-refractivity contribution is -0.671. The Morgan fingerprint density at radius 1 is 0.516 bits per heavy atom. The lowest BCUT2D eigenvalue weighted by atomic mass is 10.0. The normalized spacial score (nSPS) is 11.4. The first kappa shape index (κ1) is 19.5. The molecular formula is C28H29N3+2. The highest BCUT2D eigenvalue weighted by Gasteiger charge is 2.08. The number of pyridine rings is 2. The fraction of sp³-hybridized carbons (Fsp3) is 0.214. The highest BCUT2D eigenvalue weighted by atomic mass is 14.9. The Morgan fingerprint density at radius 3 is 1.32 bits per heavy atom. The van der Waals surface area contributed by atoms with Crippen molar-refractivity contribution in [1.29, 1.82) is 0 Å². The number of H-pyrrole nitrogens is 1. The maximum Gasteiger partial charge on any atom is 0.168 e. The number of hydrogen-bond donors (Lipinski definition) is 1. The molecule has 0 aliphatic rings. The molecule has 3 heteroatoms. The van der Waals surface area contributed by atoms with Crippen LogP contribution in [0.3, 0.4) is 0 Å². The standard InChI is InChI=1S/C28H29N3/c1-30-15-11-21(12-16-30)3-5-23-7-9-27-25(19-23)26-20-24(8-10-28(26)29-27)6-4-22-13-17-31(2)18-14-22/h7-20,29H,3-6H2,1-2H3/q+2. The third-order valence-electron chi connectivity index (χ3n) is 6.23. The van der Waals surface area contributed by atoms with Gasteiger partial charge in [0.15, 0.2) is 24.8 Å². The van der Waals surface area contributed by atoms with Crippen LogP contribution in [-0.2, 0) is 39.8 Å². The van der Waals surface area contributed by atoms with Gasteiger partial charge in [-0.25, -0.2) is 9.13 Å². The lowest BCUT2D eigenvalue weighted by Crippen LogP contribution is -2.25. The maximum atomic E-state index is 3.59. The Bertz CT molecular complexity index is 1230. The van der Waals surface area contributed by atoms with E-state index in [9.17, 15) is 0 Å². The Morgan fingerprint density at radius 2 is 0.903 bits per heavy atom. The summed E-state index contributed by atoms with van der Waals surface area (Å²) in [7, 11) is 4.12. The maximum absolute atomic E-state index is 3.59. The molecule has 3 aromatic heterocycles. The van der Waals surface area contributed by atoms with Crippen molar-refractivity contribution >= 4 is 21.8 Å². The molecule has 0 fully saturated rings. The van der Waals surface area contributed by atoms with Gasteiger partial charge in [0.05, 0.1) is 0 Å². The number of benzene rings is 2. The number of fused-ring (bicyclic) bond motifs is 3. The molecule has 2 aromatic carbocycles. The summed E-state index contributed by atoms with van der Waals surface area (Å²) < 4.78 is 4.16. The summed E-state index contributed by atoms with van der Waals surface area (Å²) in [5.74, 6) is 0. The van der Waals surface area contributed by atoms with Crippen molar-refractivity contribution < 1.29 is 9.13 Å². The number of nitrogens with zero attached hydrogens (tertiary/aromatic N) is 2. The second kappa shape index (κ2) is 8.35.